The fourth-order valence-corrected chi connectivity index (χ4v) is 9.50. The average molecular weight is 791 g/mol. The third-order valence-corrected chi connectivity index (χ3v) is 12.4. The maximum absolute atomic E-state index is 6.68. The van der Waals surface area contributed by atoms with Crippen molar-refractivity contribution < 1.29 is 4.42 Å². The van der Waals surface area contributed by atoms with Gasteiger partial charge in [0.05, 0.1) is 16.7 Å². The number of benzene rings is 10. The Labute approximate surface area is 355 Å². The third kappa shape index (κ3) is 5.38. The molecule has 0 aliphatic rings. The number of fused-ring (bicyclic) bond motifs is 9. The largest absolute Gasteiger partial charge is 0.456 e. The Morgan fingerprint density at radius 3 is 1.73 bits per heavy atom. The maximum atomic E-state index is 6.68. The van der Waals surface area contributed by atoms with Crippen molar-refractivity contribution in [3.63, 3.8) is 0 Å². The number of hydrogen-bond donors (Lipinski definition) is 0. The highest BCUT2D eigenvalue weighted by molar-refractivity contribution is 6.18. The number of rotatable bonds is 5. The molecule has 0 fully saturated rings. The minimum Gasteiger partial charge on any atom is -0.456 e. The van der Waals surface area contributed by atoms with Crippen LogP contribution in [0.4, 0.5) is 0 Å². The first-order chi connectivity index (χ1) is 30.7. The van der Waals surface area contributed by atoms with Crippen LogP contribution in [0.25, 0.3) is 127 Å². The van der Waals surface area contributed by atoms with Crippen molar-refractivity contribution >= 4 is 76.1 Å². The van der Waals surface area contributed by atoms with Crippen molar-refractivity contribution in [1.82, 2.24) is 19.5 Å². The van der Waals surface area contributed by atoms with Gasteiger partial charge in [0.25, 0.3) is 0 Å². The first-order valence-electron chi connectivity index (χ1n) is 20.9. The van der Waals surface area contributed by atoms with E-state index in [1.807, 2.05) is 18.2 Å². The molecule has 0 amide bonds. The van der Waals surface area contributed by atoms with Crippen LogP contribution in [0, 0.1) is 0 Å². The summed E-state index contributed by atoms with van der Waals surface area (Å²) in [4.78, 5) is 15.7. The van der Waals surface area contributed by atoms with Gasteiger partial charge in [0.2, 0.25) is 0 Å². The molecule has 0 bridgehead atoms. The van der Waals surface area contributed by atoms with Crippen molar-refractivity contribution in [3.05, 3.63) is 206 Å². The Morgan fingerprint density at radius 1 is 0.323 bits per heavy atom. The van der Waals surface area contributed by atoms with E-state index in [1.165, 1.54) is 26.9 Å². The predicted molar refractivity (Wildman–Crippen MR) is 256 cm³/mol. The Morgan fingerprint density at radius 2 is 0.919 bits per heavy atom. The standard InChI is InChI=1S/C57H34N4O/c1-2-15-36(16-3-1)55-58-56(60-57(59-55)45-25-12-21-35-14-8-9-22-42(35)45)41-28-29-50(61-49-26-11-10-23-43(49)46-30-37-17-4-6-19-39(37)33-51(46)61)47(32-41)44-24-13-27-52-54(44)48-31-38-18-5-7-20-40(38)34-53(48)62-52/h1-34H. The Kier molecular flexibility index (Phi) is 7.54. The lowest BCUT2D eigenvalue weighted by atomic mass is 9.95. The van der Waals surface area contributed by atoms with E-state index in [-0.39, 0.29) is 0 Å². The number of aromatic nitrogens is 4. The summed E-state index contributed by atoms with van der Waals surface area (Å²) in [5.74, 6) is 1.84. The zero-order valence-corrected chi connectivity index (χ0v) is 33.3. The summed E-state index contributed by atoms with van der Waals surface area (Å²) >= 11 is 0. The first-order valence-corrected chi connectivity index (χ1v) is 20.9. The Hall–Kier alpha value is -8.41. The summed E-state index contributed by atoms with van der Waals surface area (Å²) in [6.45, 7) is 0. The lowest BCUT2D eigenvalue weighted by Gasteiger charge is -2.17. The van der Waals surface area contributed by atoms with Gasteiger partial charge in [-0.15, -0.1) is 0 Å². The molecule has 0 aliphatic heterocycles. The molecule has 62 heavy (non-hydrogen) atoms. The summed E-state index contributed by atoms with van der Waals surface area (Å²) in [7, 11) is 0. The zero-order valence-electron chi connectivity index (χ0n) is 33.3. The molecule has 0 saturated carbocycles. The quantitative estimate of drug-likeness (QED) is 0.174. The van der Waals surface area contributed by atoms with Crippen molar-refractivity contribution in [2.24, 2.45) is 0 Å². The van der Waals surface area contributed by atoms with Gasteiger partial charge in [-0.2, -0.15) is 0 Å². The van der Waals surface area contributed by atoms with Crippen LogP contribution < -0.4 is 0 Å². The van der Waals surface area contributed by atoms with Crippen LogP contribution in [-0.2, 0) is 0 Å². The molecule has 3 aromatic heterocycles. The van der Waals surface area contributed by atoms with Gasteiger partial charge >= 0.3 is 0 Å². The van der Waals surface area contributed by atoms with E-state index in [0.29, 0.717) is 17.5 Å². The van der Waals surface area contributed by atoms with Gasteiger partial charge in [0.1, 0.15) is 11.2 Å². The van der Waals surface area contributed by atoms with Crippen LogP contribution >= 0.6 is 0 Å². The maximum Gasteiger partial charge on any atom is 0.164 e. The molecular weight excluding hydrogens is 757 g/mol. The zero-order chi connectivity index (χ0) is 40.7. The molecule has 0 atom stereocenters. The molecule has 0 saturated heterocycles. The third-order valence-electron chi connectivity index (χ3n) is 12.4. The number of nitrogens with zero attached hydrogens (tertiary/aromatic N) is 4. The summed E-state index contributed by atoms with van der Waals surface area (Å²) < 4.78 is 9.11. The van der Waals surface area contributed by atoms with Crippen LogP contribution in [0.2, 0.25) is 0 Å². The first kappa shape index (κ1) is 34.5. The smallest absolute Gasteiger partial charge is 0.164 e. The highest BCUT2D eigenvalue weighted by atomic mass is 16.3. The van der Waals surface area contributed by atoms with Crippen LogP contribution in [0.1, 0.15) is 0 Å². The van der Waals surface area contributed by atoms with E-state index in [4.69, 9.17) is 19.4 Å². The molecular formula is C57H34N4O. The normalized spacial score (nSPS) is 11.9. The van der Waals surface area contributed by atoms with Gasteiger partial charge in [-0.1, -0.05) is 152 Å². The summed E-state index contributed by atoms with van der Waals surface area (Å²) in [6.07, 6.45) is 0. The van der Waals surface area contributed by atoms with E-state index in [0.717, 1.165) is 82.6 Å². The van der Waals surface area contributed by atoms with Crippen LogP contribution in [0.15, 0.2) is 211 Å². The summed E-state index contributed by atoms with van der Waals surface area (Å²) in [6, 6.07) is 72.9. The minimum absolute atomic E-state index is 0.595. The van der Waals surface area contributed by atoms with Gasteiger partial charge in [-0.3, -0.25) is 0 Å². The number of hydrogen-bond acceptors (Lipinski definition) is 4. The highest BCUT2D eigenvalue weighted by Gasteiger charge is 2.22. The van der Waals surface area contributed by atoms with Crippen LogP contribution in [0.3, 0.4) is 0 Å². The molecule has 13 aromatic rings. The molecule has 3 heterocycles. The van der Waals surface area contributed by atoms with E-state index in [1.54, 1.807) is 0 Å². The molecule has 0 aliphatic carbocycles. The lowest BCUT2D eigenvalue weighted by Crippen LogP contribution is -2.02. The molecule has 10 aromatic carbocycles. The van der Waals surface area contributed by atoms with Gasteiger partial charge in [0.15, 0.2) is 17.5 Å². The van der Waals surface area contributed by atoms with Crippen molar-refractivity contribution in [3.8, 4) is 51.0 Å². The van der Waals surface area contributed by atoms with Crippen molar-refractivity contribution in [1.29, 1.82) is 0 Å². The van der Waals surface area contributed by atoms with E-state index >= 15 is 0 Å². The fourth-order valence-electron chi connectivity index (χ4n) is 9.50. The Bertz CT molecular complexity index is 3930. The molecule has 288 valence electrons. The minimum atomic E-state index is 0.595. The SMILES string of the molecule is c1ccc(-c2nc(-c3ccc(-n4c5ccccc5c5cc6ccccc6cc54)c(-c4cccc5oc6cc7ccccc7cc6c45)c3)nc(-c3cccc4ccccc34)n2)cc1. The van der Waals surface area contributed by atoms with E-state index in [9.17, 15) is 0 Å². The van der Waals surface area contributed by atoms with Gasteiger partial charge in [-0.05, 0) is 92.5 Å². The van der Waals surface area contributed by atoms with Crippen molar-refractivity contribution in [2.75, 3.05) is 0 Å². The fraction of sp³-hybridized carbons (Fsp3) is 0. The second-order valence-corrected chi connectivity index (χ2v) is 16.0. The highest BCUT2D eigenvalue weighted by Crippen LogP contribution is 2.44. The summed E-state index contributed by atoms with van der Waals surface area (Å²) in [5.41, 5.74) is 9.87. The monoisotopic (exact) mass is 790 g/mol. The molecule has 5 heteroatoms. The molecule has 13 rings (SSSR count). The van der Waals surface area contributed by atoms with Crippen LogP contribution in [0.5, 0.6) is 0 Å². The van der Waals surface area contributed by atoms with E-state index < -0.39 is 0 Å². The second-order valence-electron chi connectivity index (χ2n) is 16.0. The molecule has 0 unspecified atom stereocenters. The number of para-hydroxylation sites is 1. The average Bonchev–Trinajstić information content (AvgIpc) is 3.86. The predicted octanol–water partition coefficient (Wildman–Crippen LogP) is 15.0. The number of furan rings is 1. The molecule has 0 radical (unpaired) electrons. The topological polar surface area (TPSA) is 56.7 Å². The molecule has 0 N–H and O–H groups in total. The van der Waals surface area contributed by atoms with Gasteiger partial charge in [0, 0.05) is 43.8 Å². The van der Waals surface area contributed by atoms with Crippen LogP contribution in [-0.4, -0.2) is 19.5 Å². The Balaban J connectivity index is 1.13. The summed E-state index contributed by atoms with van der Waals surface area (Å²) in [5, 5.41) is 11.5. The van der Waals surface area contributed by atoms with Gasteiger partial charge < -0.3 is 8.98 Å². The van der Waals surface area contributed by atoms with E-state index in [2.05, 4.69) is 193 Å². The molecule has 5 nitrogen and oxygen atoms in total. The molecule has 0 spiro atoms. The lowest BCUT2D eigenvalue weighted by molar-refractivity contribution is 0.669. The second kappa shape index (κ2) is 13.6. The van der Waals surface area contributed by atoms with Gasteiger partial charge in [-0.25, -0.2) is 15.0 Å². The van der Waals surface area contributed by atoms with Crippen molar-refractivity contribution in [2.45, 2.75) is 0 Å².